The highest BCUT2D eigenvalue weighted by Crippen LogP contribution is 2.28. The standard InChI is InChI=1S/C21H24N2O5S/c1-3-10-22-18(25)16-14(2)17(20(26)28-13-12-24)29-19(16)23(21(22)27)11-9-15-7-5-4-6-8-15/h4-8,24H,3,9-13H2,1-2H3. The number of esters is 1. The molecule has 8 heteroatoms. The summed E-state index contributed by atoms with van der Waals surface area (Å²) in [4.78, 5) is 39.2. The van der Waals surface area contributed by atoms with Crippen molar-refractivity contribution in [2.45, 2.75) is 39.8 Å². The van der Waals surface area contributed by atoms with Crippen LogP contribution >= 0.6 is 11.3 Å². The molecule has 0 aliphatic rings. The maximum absolute atomic E-state index is 13.1. The van der Waals surface area contributed by atoms with Gasteiger partial charge < -0.3 is 9.84 Å². The van der Waals surface area contributed by atoms with E-state index in [0.29, 0.717) is 41.7 Å². The second kappa shape index (κ2) is 9.19. The Morgan fingerprint density at radius 1 is 1.14 bits per heavy atom. The van der Waals surface area contributed by atoms with Crippen LogP contribution in [0.5, 0.6) is 0 Å². The van der Waals surface area contributed by atoms with Crippen molar-refractivity contribution in [1.82, 2.24) is 9.13 Å². The predicted octanol–water partition coefficient (Wildman–Crippen LogP) is 2.33. The van der Waals surface area contributed by atoms with Gasteiger partial charge in [0.15, 0.2) is 0 Å². The van der Waals surface area contributed by atoms with Gasteiger partial charge in [0, 0.05) is 13.1 Å². The number of nitrogens with zero attached hydrogens (tertiary/aromatic N) is 2. The molecule has 1 aromatic carbocycles. The Labute approximate surface area is 171 Å². The van der Waals surface area contributed by atoms with Gasteiger partial charge in [0.25, 0.3) is 5.56 Å². The molecule has 0 aliphatic heterocycles. The Balaban J connectivity index is 2.15. The van der Waals surface area contributed by atoms with Crippen molar-refractivity contribution in [3.05, 3.63) is 67.2 Å². The number of hydrogen-bond acceptors (Lipinski definition) is 6. The number of hydrogen-bond donors (Lipinski definition) is 1. The first-order valence-corrected chi connectivity index (χ1v) is 10.4. The number of aliphatic hydroxyl groups is 1. The summed E-state index contributed by atoms with van der Waals surface area (Å²) in [5, 5.41) is 9.28. The highest BCUT2D eigenvalue weighted by molar-refractivity contribution is 7.20. The van der Waals surface area contributed by atoms with E-state index in [4.69, 9.17) is 9.84 Å². The smallest absolute Gasteiger partial charge is 0.348 e. The van der Waals surface area contributed by atoms with Crippen LogP contribution in [0.15, 0.2) is 39.9 Å². The highest BCUT2D eigenvalue weighted by Gasteiger charge is 2.23. The number of aromatic nitrogens is 2. The van der Waals surface area contributed by atoms with E-state index >= 15 is 0 Å². The van der Waals surface area contributed by atoms with Gasteiger partial charge in [-0.25, -0.2) is 9.59 Å². The van der Waals surface area contributed by atoms with E-state index in [1.165, 1.54) is 4.57 Å². The van der Waals surface area contributed by atoms with Crippen LogP contribution in [0.1, 0.15) is 34.1 Å². The van der Waals surface area contributed by atoms with Gasteiger partial charge >= 0.3 is 11.7 Å². The lowest BCUT2D eigenvalue weighted by Gasteiger charge is -2.11. The van der Waals surface area contributed by atoms with Gasteiger partial charge in [0.2, 0.25) is 0 Å². The predicted molar refractivity (Wildman–Crippen MR) is 113 cm³/mol. The quantitative estimate of drug-likeness (QED) is 0.569. The van der Waals surface area contributed by atoms with Crippen molar-refractivity contribution in [2.75, 3.05) is 13.2 Å². The van der Waals surface area contributed by atoms with Gasteiger partial charge in [-0.1, -0.05) is 37.3 Å². The van der Waals surface area contributed by atoms with Gasteiger partial charge in [-0.05, 0) is 30.9 Å². The molecule has 2 heterocycles. The summed E-state index contributed by atoms with van der Waals surface area (Å²) in [6.45, 7) is 3.92. The van der Waals surface area contributed by atoms with E-state index in [0.717, 1.165) is 16.9 Å². The summed E-state index contributed by atoms with van der Waals surface area (Å²) >= 11 is 1.09. The maximum atomic E-state index is 13.1. The Bertz CT molecular complexity index is 1130. The summed E-state index contributed by atoms with van der Waals surface area (Å²) in [5.41, 5.74) is 0.850. The summed E-state index contributed by atoms with van der Waals surface area (Å²) in [6, 6.07) is 9.79. The lowest BCUT2D eigenvalue weighted by Crippen LogP contribution is -2.40. The third-order valence-electron chi connectivity index (χ3n) is 4.72. The van der Waals surface area contributed by atoms with E-state index in [-0.39, 0.29) is 29.3 Å². The fourth-order valence-corrected chi connectivity index (χ4v) is 4.51. The lowest BCUT2D eigenvalue weighted by atomic mass is 10.1. The second-order valence-electron chi connectivity index (χ2n) is 6.72. The Kier molecular flexibility index (Phi) is 6.66. The molecule has 0 atom stereocenters. The van der Waals surface area contributed by atoms with Crippen LogP contribution in [0.3, 0.4) is 0 Å². The maximum Gasteiger partial charge on any atom is 0.348 e. The largest absolute Gasteiger partial charge is 0.459 e. The topological polar surface area (TPSA) is 90.5 Å². The van der Waals surface area contributed by atoms with Crippen molar-refractivity contribution in [3.8, 4) is 0 Å². The molecule has 3 aromatic rings. The van der Waals surface area contributed by atoms with Crippen LogP contribution in [-0.2, 0) is 24.2 Å². The number of carbonyl (C=O) groups excluding carboxylic acids is 1. The van der Waals surface area contributed by atoms with Crippen molar-refractivity contribution >= 4 is 27.5 Å². The zero-order valence-corrected chi connectivity index (χ0v) is 17.3. The van der Waals surface area contributed by atoms with Crippen LogP contribution in [0.4, 0.5) is 0 Å². The molecule has 0 aliphatic carbocycles. The number of thiophene rings is 1. The third-order valence-corrected chi connectivity index (χ3v) is 6.01. The van der Waals surface area contributed by atoms with Crippen molar-refractivity contribution in [2.24, 2.45) is 0 Å². The van der Waals surface area contributed by atoms with E-state index in [9.17, 15) is 14.4 Å². The molecule has 154 valence electrons. The zero-order valence-electron chi connectivity index (χ0n) is 16.5. The monoisotopic (exact) mass is 416 g/mol. The highest BCUT2D eigenvalue weighted by atomic mass is 32.1. The number of aryl methyl sites for hydroxylation is 3. The van der Waals surface area contributed by atoms with Gasteiger partial charge in [0.1, 0.15) is 16.3 Å². The summed E-state index contributed by atoms with van der Waals surface area (Å²) in [7, 11) is 0. The van der Waals surface area contributed by atoms with Crippen LogP contribution in [0, 0.1) is 6.92 Å². The fraction of sp³-hybridized carbons (Fsp3) is 0.381. The molecule has 0 radical (unpaired) electrons. The molecule has 0 amide bonds. The summed E-state index contributed by atoms with van der Waals surface area (Å²) in [6.07, 6.45) is 1.27. The van der Waals surface area contributed by atoms with Crippen LogP contribution in [0.25, 0.3) is 10.2 Å². The average molecular weight is 416 g/mol. The zero-order chi connectivity index (χ0) is 21.0. The van der Waals surface area contributed by atoms with E-state index < -0.39 is 5.97 Å². The number of aliphatic hydroxyl groups excluding tert-OH is 1. The molecule has 7 nitrogen and oxygen atoms in total. The number of fused-ring (bicyclic) bond motifs is 1. The second-order valence-corrected chi connectivity index (χ2v) is 7.72. The number of rotatable bonds is 8. The molecule has 0 saturated heterocycles. The normalized spacial score (nSPS) is 11.1. The SMILES string of the molecule is CCCn1c(=O)c2c(C)c(C(=O)OCCO)sc2n(CCc2ccccc2)c1=O. The minimum absolute atomic E-state index is 0.118. The first-order chi connectivity index (χ1) is 14.0. The molecule has 0 saturated carbocycles. The number of ether oxygens (including phenoxy) is 1. The molecule has 0 spiro atoms. The molecule has 29 heavy (non-hydrogen) atoms. The molecule has 0 fully saturated rings. The molecule has 2 aromatic heterocycles. The summed E-state index contributed by atoms with van der Waals surface area (Å²) < 4.78 is 7.86. The molecule has 0 unspecified atom stereocenters. The third kappa shape index (κ3) is 4.18. The lowest BCUT2D eigenvalue weighted by molar-refractivity contribution is 0.0438. The van der Waals surface area contributed by atoms with Crippen molar-refractivity contribution in [3.63, 3.8) is 0 Å². The minimum Gasteiger partial charge on any atom is -0.459 e. The van der Waals surface area contributed by atoms with E-state index in [1.54, 1.807) is 11.5 Å². The Morgan fingerprint density at radius 3 is 2.52 bits per heavy atom. The van der Waals surface area contributed by atoms with E-state index in [2.05, 4.69) is 0 Å². The molecule has 0 bridgehead atoms. The van der Waals surface area contributed by atoms with E-state index in [1.807, 2.05) is 37.3 Å². The van der Waals surface area contributed by atoms with Gasteiger partial charge in [0.05, 0.1) is 12.0 Å². The van der Waals surface area contributed by atoms with Gasteiger partial charge in [-0.15, -0.1) is 11.3 Å². The Hall–Kier alpha value is -2.71. The van der Waals surface area contributed by atoms with Crippen molar-refractivity contribution < 1.29 is 14.6 Å². The van der Waals surface area contributed by atoms with Gasteiger partial charge in [-0.3, -0.25) is 13.9 Å². The first-order valence-electron chi connectivity index (χ1n) is 9.58. The van der Waals surface area contributed by atoms with Crippen LogP contribution < -0.4 is 11.2 Å². The van der Waals surface area contributed by atoms with Crippen LogP contribution in [0.2, 0.25) is 0 Å². The molecule has 1 N–H and O–H groups in total. The minimum atomic E-state index is -0.596. The van der Waals surface area contributed by atoms with Gasteiger partial charge in [-0.2, -0.15) is 0 Å². The first kappa shape index (κ1) is 21.0. The molecule has 3 rings (SSSR count). The summed E-state index contributed by atoms with van der Waals surface area (Å²) in [5.74, 6) is -0.596. The van der Waals surface area contributed by atoms with Crippen LogP contribution in [-0.4, -0.2) is 33.4 Å². The van der Waals surface area contributed by atoms with Crippen molar-refractivity contribution in [1.29, 1.82) is 0 Å². The number of benzene rings is 1. The molecular weight excluding hydrogens is 392 g/mol. The Morgan fingerprint density at radius 2 is 1.86 bits per heavy atom. The average Bonchev–Trinajstić information content (AvgIpc) is 3.07. The number of carbonyl (C=O) groups is 1. The molecular formula is C21H24N2O5S. The fourth-order valence-electron chi connectivity index (χ4n) is 3.30.